The number of benzene rings is 1. The summed E-state index contributed by atoms with van der Waals surface area (Å²) in [6.07, 6.45) is 3.10. The minimum Gasteiger partial charge on any atom is -0.162 e. The van der Waals surface area contributed by atoms with Gasteiger partial charge in [-0.15, -0.1) is 0 Å². The van der Waals surface area contributed by atoms with Crippen LogP contribution < -0.4 is 0 Å². The van der Waals surface area contributed by atoms with Crippen molar-refractivity contribution in [1.29, 1.82) is 0 Å². The Labute approximate surface area is 93.6 Å². The lowest BCUT2D eigenvalue weighted by molar-refractivity contribution is 0.946. The fraction of sp³-hybridized carbons (Fsp3) is 0.400. The van der Waals surface area contributed by atoms with Crippen molar-refractivity contribution >= 4 is 35.0 Å². The van der Waals surface area contributed by atoms with Gasteiger partial charge in [0.1, 0.15) is 0 Å². The van der Waals surface area contributed by atoms with Gasteiger partial charge in [-0.2, -0.15) is 11.8 Å². The molecule has 0 N–H and O–H groups in total. The van der Waals surface area contributed by atoms with Crippen LogP contribution in [0.25, 0.3) is 0 Å². The SMILES string of the molecule is CSC(C)Cc1ccc(Cl)cc1Cl. The van der Waals surface area contributed by atoms with Crippen molar-refractivity contribution in [2.45, 2.75) is 18.6 Å². The maximum Gasteiger partial charge on any atom is 0.0453 e. The molecule has 0 fully saturated rings. The van der Waals surface area contributed by atoms with Crippen molar-refractivity contribution in [3.05, 3.63) is 33.8 Å². The third-order valence-electron chi connectivity index (χ3n) is 1.92. The lowest BCUT2D eigenvalue weighted by Gasteiger charge is -2.09. The van der Waals surface area contributed by atoms with E-state index in [4.69, 9.17) is 23.2 Å². The van der Waals surface area contributed by atoms with Crippen molar-refractivity contribution in [3.8, 4) is 0 Å². The summed E-state index contributed by atoms with van der Waals surface area (Å²) in [5.41, 5.74) is 1.17. The van der Waals surface area contributed by atoms with Crippen LogP contribution in [0.2, 0.25) is 10.0 Å². The van der Waals surface area contributed by atoms with Gasteiger partial charge < -0.3 is 0 Å². The lowest BCUT2D eigenvalue weighted by Crippen LogP contribution is -2.00. The van der Waals surface area contributed by atoms with Crippen molar-refractivity contribution in [1.82, 2.24) is 0 Å². The van der Waals surface area contributed by atoms with E-state index in [1.165, 1.54) is 5.56 Å². The summed E-state index contributed by atoms with van der Waals surface area (Å²) in [4.78, 5) is 0. The zero-order chi connectivity index (χ0) is 9.84. The monoisotopic (exact) mass is 234 g/mol. The largest absolute Gasteiger partial charge is 0.162 e. The second kappa shape index (κ2) is 5.14. The average Bonchev–Trinajstić information content (AvgIpc) is 2.09. The zero-order valence-electron chi connectivity index (χ0n) is 7.68. The summed E-state index contributed by atoms with van der Waals surface area (Å²) in [6.45, 7) is 2.19. The predicted molar refractivity (Wildman–Crippen MR) is 63.1 cm³/mol. The first-order valence-corrected chi connectivity index (χ1v) is 6.14. The van der Waals surface area contributed by atoms with Gasteiger partial charge in [0, 0.05) is 15.3 Å². The number of hydrogen-bond acceptors (Lipinski definition) is 1. The second-order valence-corrected chi connectivity index (χ2v) is 5.11. The molecule has 1 unspecified atom stereocenters. The van der Waals surface area contributed by atoms with E-state index in [1.807, 2.05) is 23.9 Å². The highest BCUT2D eigenvalue weighted by Gasteiger charge is 2.05. The first kappa shape index (κ1) is 11.2. The Balaban J connectivity index is 2.77. The van der Waals surface area contributed by atoms with E-state index < -0.39 is 0 Å². The van der Waals surface area contributed by atoms with Gasteiger partial charge in [0.2, 0.25) is 0 Å². The fourth-order valence-corrected chi connectivity index (χ4v) is 1.91. The molecule has 0 aliphatic carbocycles. The van der Waals surface area contributed by atoms with Gasteiger partial charge in [-0.1, -0.05) is 36.2 Å². The maximum absolute atomic E-state index is 6.04. The normalized spacial score (nSPS) is 12.9. The minimum atomic E-state index is 0.596. The number of halogens is 2. The van der Waals surface area contributed by atoms with E-state index in [-0.39, 0.29) is 0 Å². The standard InChI is InChI=1S/C10H12Cl2S/c1-7(13-2)5-8-3-4-9(11)6-10(8)12/h3-4,6-7H,5H2,1-2H3. The molecule has 1 aromatic carbocycles. The van der Waals surface area contributed by atoms with Gasteiger partial charge in [0.05, 0.1) is 0 Å². The van der Waals surface area contributed by atoms with E-state index in [2.05, 4.69) is 13.2 Å². The minimum absolute atomic E-state index is 0.596. The van der Waals surface area contributed by atoms with Gasteiger partial charge in [0.15, 0.2) is 0 Å². The highest BCUT2D eigenvalue weighted by Crippen LogP contribution is 2.24. The van der Waals surface area contributed by atoms with Gasteiger partial charge in [-0.25, -0.2) is 0 Å². The van der Waals surface area contributed by atoms with Gasteiger partial charge in [-0.3, -0.25) is 0 Å². The first-order chi connectivity index (χ1) is 6.13. The van der Waals surface area contributed by atoms with Gasteiger partial charge in [-0.05, 0) is 30.4 Å². The van der Waals surface area contributed by atoms with Crippen LogP contribution in [0.4, 0.5) is 0 Å². The van der Waals surface area contributed by atoms with Crippen LogP contribution in [0.1, 0.15) is 12.5 Å². The van der Waals surface area contributed by atoms with Crippen molar-refractivity contribution in [3.63, 3.8) is 0 Å². The summed E-state index contributed by atoms with van der Waals surface area (Å²) in [5, 5.41) is 2.07. The molecule has 0 saturated heterocycles. The van der Waals surface area contributed by atoms with Crippen LogP contribution in [-0.4, -0.2) is 11.5 Å². The summed E-state index contributed by atoms with van der Waals surface area (Å²) < 4.78 is 0. The van der Waals surface area contributed by atoms with Crippen LogP contribution in [0.15, 0.2) is 18.2 Å². The number of thioether (sulfide) groups is 1. The van der Waals surface area contributed by atoms with Crippen LogP contribution in [0, 0.1) is 0 Å². The molecule has 0 saturated carbocycles. The molecule has 0 bridgehead atoms. The van der Waals surface area contributed by atoms with Crippen molar-refractivity contribution in [2.24, 2.45) is 0 Å². The van der Waals surface area contributed by atoms with Crippen LogP contribution in [0.3, 0.4) is 0 Å². The van der Waals surface area contributed by atoms with Crippen LogP contribution in [0.5, 0.6) is 0 Å². The molecular weight excluding hydrogens is 223 g/mol. The molecule has 3 heteroatoms. The van der Waals surface area contributed by atoms with Crippen LogP contribution in [-0.2, 0) is 6.42 Å². The third kappa shape index (κ3) is 3.41. The topological polar surface area (TPSA) is 0 Å². The lowest BCUT2D eigenvalue weighted by atomic mass is 10.1. The maximum atomic E-state index is 6.04. The van der Waals surface area contributed by atoms with E-state index in [0.717, 1.165) is 11.4 Å². The Hall–Kier alpha value is 0.150. The fourth-order valence-electron chi connectivity index (χ4n) is 1.08. The molecule has 0 nitrogen and oxygen atoms in total. The molecular formula is C10H12Cl2S. The molecule has 1 rings (SSSR count). The molecule has 1 aromatic rings. The molecule has 0 radical (unpaired) electrons. The second-order valence-electron chi connectivity index (χ2n) is 2.99. The highest BCUT2D eigenvalue weighted by molar-refractivity contribution is 7.99. The summed E-state index contributed by atoms with van der Waals surface area (Å²) in [5.74, 6) is 0. The van der Waals surface area contributed by atoms with Crippen molar-refractivity contribution in [2.75, 3.05) is 6.26 Å². The molecule has 0 aromatic heterocycles. The zero-order valence-corrected chi connectivity index (χ0v) is 10.0. The highest BCUT2D eigenvalue weighted by atomic mass is 35.5. The van der Waals surface area contributed by atoms with Crippen molar-refractivity contribution < 1.29 is 0 Å². The average molecular weight is 235 g/mol. The van der Waals surface area contributed by atoms with E-state index >= 15 is 0 Å². The Morgan fingerprint density at radius 3 is 2.62 bits per heavy atom. The molecule has 72 valence electrons. The van der Waals surface area contributed by atoms with Gasteiger partial charge >= 0.3 is 0 Å². The third-order valence-corrected chi connectivity index (χ3v) is 3.48. The van der Waals surface area contributed by atoms with Crippen LogP contribution >= 0.6 is 35.0 Å². The summed E-state index contributed by atoms with van der Waals surface area (Å²) >= 11 is 13.7. The van der Waals surface area contributed by atoms with E-state index in [0.29, 0.717) is 10.3 Å². The first-order valence-electron chi connectivity index (χ1n) is 4.10. The Kier molecular flexibility index (Phi) is 4.43. The smallest absolute Gasteiger partial charge is 0.0453 e. The predicted octanol–water partition coefficient (Wildman–Crippen LogP) is 4.29. The molecule has 0 amide bonds. The molecule has 13 heavy (non-hydrogen) atoms. The van der Waals surface area contributed by atoms with E-state index in [1.54, 1.807) is 6.07 Å². The summed E-state index contributed by atoms with van der Waals surface area (Å²) in [6, 6.07) is 5.68. The molecule has 0 heterocycles. The quantitative estimate of drug-likeness (QED) is 0.753. The van der Waals surface area contributed by atoms with Gasteiger partial charge in [0.25, 0.3) is 0 Å². The number of hydrogen-bond donors (Lipinski definition) is 0. The Morgan fingerprint density at radius 1 is 1.38 bits per heavy atom. The molecule has 0 spiro atoms. The Morgan fingerprint density at radius 2 is 2.08 bits per heavy atom. The number of rotatable bonds is 3. The summed E-state index contributed by atoms with van der Waals surface area (Å²) in [7, 11) is 0. The van der Waals surface area contributed by atoms with E-state index in [9.17, 15) is 0 Å². The molecule has 1 atom stereocenters. The Bertz CT molecular complexity index is 286. The molecule has 0 aliphatic rings. The molecule has 0 aliphatic heterocycles.